The number of hydrogen-bond acceptors (Lipinski definition) is 4. The highest BCUT2D eigenvalue weighted by atomic mass is 35.5. The van der Waals surface area contributed by atoms with Crippen LogP contribution in [0.5, 0.6) is 0 Å². The third-order valence-electron chi connectivity index (χ3n) is 6.03. The van der Waals surface area contributed by atoms with Crippen molar-refractivity contribution >= 4 is 50.7 Å². The first kappa shape index (κ1) is 30.5. The van der Waals surface area contributed by atoms with E-state index in [0.717, 1.165) is 27.3 Å². The van der Waals surface area contributed by atoms with Crippen LogP contribution in [0.3, 0.4) is 0 Å². The average Bonchev–Trinajstić information content (AvgIpc) is 2.85. The Balaban J connectivity index is 2.07. The van der Waals surface area contributed by atoms with Gasteiger partial charge in [-0.3, -0.25) is 13.9 Å². The molecule has 3 aromatic carbocycles. The zero-order valence-electron chi connectivity index (χ0n) is 22.4. The summed E-state index contributed by atoms with van der Waals surface area (Å²) in [4.78, 5) is 29.0. The van der Waals surface area contributed by atoms with Crippen LogP contribution in [0.2, 0.25) is 10.0 Å². The van der Waals surface area contributed by atoms with Gasteiger partial charge in [-0.15, -0.1) is 0 Å². The van der Waals surface area contributed by atoms with Crippen molar-refractivity contribution in [3.05, 3.63) is 99.5 Å². The fourth-order valence-electron chi connectivity index (χ4n) is 4.10. The highest BCUT2D eigenvalue weighted by molar-refractivity contribution is 7.92. The lowest BCUT2D eigenvalue weighted by atomic mass is 10.0. The van der Waals surface area contributed by atoms with Crippen molar-refractivity contribution in [3.63, 3.8) is 0 Å². The van der Waals surface area contributed by atoms with E-state index >= 15 is 0 Å². The van der Waals surface area contributed by atoms with Crippen LogP contribution in [0.25, 0.3) is 0 Å². The summed E-state index contributed by atoms with van der Waals surface area (Å²) in [5, 5.41) is 3.34. The van der Waals surface area contributed by atoms with Crippen LogP contribution < -0.4 is 9.62 Å². The summed E-state index contributed by atoms with van der Waals surface area (Å²) in [6.07, 6.45) is 1.25. The van der Waals surface area contributed by atoms with E-state index in [1.54, 1.807) is 0 Å². The molecule has 1 N–H and O–H groups in total. The van der Waals surface area contributed by atoms with Crippen LogP contribution in [-0.2, 0) is 32.6 Å². The number of halogens is 2. The Morgan fingerprint density at radius 2 is 1.56 bits per heavy atom. The zero-order valence-corrected chi connectivity index (χ0v) is 24.7. The Kier molecular flexibility index (Phi) is 10.4. The third kappa shape index (κ3) is 8.71. The molecule has 1 atom stereocenters. The number of carbonyl (C=O) groups excluding carboxylic acids is 2. The Bertz CT molecular complexity index is 1400. The fourth-order valence-corrected chi connectivity index (χ4v) is 5.53. The molecule has 0 aliphatic rings. The minimum absolute atomic E-state index is 0.0872. The van der Waals surface area contributed by atoms with Crippen molar-refractivity contribution < 1.29 is 18.0 Å². The van der Waals surface area contributed by atoms with Crippen LogP contribution in [0.4, 0.5) is 5.69 Å². The van der Waals surface area contributed by atoms with Crippen LogP contribution in [0.15, 0.2) is 72.8 Å². The van der Waals surface area contributed by atoms with E-state index in [1.807, 2.05) is 75.4 Å². The van der Waals surface area contributed by atoms with Gasteiger partial charge in [-0.25, -0.2) is 8.42 Å². The number of hydrogen-bond donors (Lipinski definition) is 1. The van der Waals surface area contributed by atoms with Crippen molar-refractivity contribution in [1.82, 2.24) is 10.2 Å². The van der Waals surface area contributed by atoms with E-state index in [0.29, 0.717) is 5.02 Å². The van der Waals surface area contributed by atoms with E-state index in [2.05, 4.69) is 5.32 Å². The standard InChI is InChI=1S/C29H33Cl2N3O4S/c1-20(2)32-29(36)27(16-22-8-6-5-7-9-22)33(18-23-12-10-21(3)11-13-23)28(35)19-34(39(4,37)38)26-15-14-24(30)17-25(26)31/h5-15,17,20,27H,16,18-19H2,1-4H3,(H,32,36)/t27-/m1/s1. The monoisotopic (exact) mass is 589 g/mol. The van der Waals surface area contributed by atoms with Gasteiger partial charge in [0.1, 0.15) is 12.6 Å². The van der Waals surface area contributed by atoms with E-state index in [-0.39, 0.29) is 35.6 Å². The Morgan fingerprint density at radius 1 is 0.923 bits per heavy atom. The summed E-state index contributed by atoms with van der Waals surface area (Å²) in [5.74, 6) is -0.878. The molecule has 7 nitrogen and oxygen atoms in total. The second kappa shape index (κ2) is 13.3. The molecule has 0 aromatic heterocycles. The first-order valence-electron chi connectivity index (χ1n) is 12.5. The smallest absolute Gasteiger partial charge is 0.244 e. The first-order chi connectivity index (χ1) is 18.3. The van der Waals surface area contributed by atoms with Gasteiger partial charge in [0.25, 0.3) is 0 Å². The van der Waals surface area contributed by atoms with E-state index in [9.17, 15) is 18.0 Å². The summed E-state index contributed by atoms with van der Waals surface area (Å²) < 4.78 is 26.6. The maximum absolute atomic E-state index is 14.0. The van der Waals surface area contributed by atoms with Crippen molar-refractivity contribution in [1.29, 1.82) is 0 Å². The number of nitrogens with one attached hydrogen (secondary N) is 1. The normalized spacial score (nSPS) is 12.2. The molecule has 39 heavy (non-hydrogen) atoms. The SMILES string of the molecule is Cc1ccc(CN(C(=O)CN(c2ccc(Cl)cc2Cl)S(C)(=O)=O)[C@H](Cc2ccccc2)C(=O)NC(C)C)cc1. The van der Waals surface area contributed by atoms with Crippen molar-refractivity contribution in [2.45, 2.75) is 45.8 Å². The number of aryl methyl sites for hydroxylation is 1. The number of rotatable bonds is 11. The number of carbonyl (C=O) groups is 2. The maximum Gasteiger partial charge on any atom is 0.244 e. The van der Waals surface area contributed by atoms with Gasteiger partial charge in [0, 0.05) is 24.0 Å². The number of benzene rings is 3. The lowest BCUT2D eigenvalue weighted by Crippen LogP contribution is -2.54. The van der Waals surface area contributed by atoms with Gasteiger partial charge >= 0.3 is 0 Å². The molecule has 0 radical (unpaired) electrons. The number of amides is 2. The van der Waals surface area contributed by atoms with Gasteiger partial charge < -0.3 is 10.2 Å². The van der Waals surface area contributed by atoms with Gasteiger partial charge in [0.2, 0.25) is 21.8 Å². The Hall–Kier alpha value is -3.07. The predicted octanol–water partition coefficient (Wildman–Crippen LogP) is 5.23. The average molecular weight is 591 g/mol. The summed E-state index contributed by atoms with van der Waals surface area (Å²) >= 11 is 12.4. The van der Waals surface area contributed by atoms with E-state index in [4.69, 9.17) is 23.2 Å². The minimum Gasteiger partial charge on any atom is -0.352 e. The van der Waals surface area contributed by atoms with Crippen molar-refractivity contribution in [2.24, 2.45) is 0 Å². The highest BCUT2D eigenvalue weighted by Gasteiger charge is 2.33. The molecule has 0 aliphatic heterocycles. The highest BCUT2D eigenvalue weighted by Crippen LogP contribution is 2.30. The van der Waals surface area contributed by atoms with Gasteiger partial charge in [-0.2, -0.15) is 0 Å². The molecule has 2 amide bonds. The van der Waals surface area contributed by atoms with E-state index in [1.165, 1.54) is 23.1 Å². The molecule has 10 heteroatoms. The molecule has 0 unspecified atom stereocenters. The summed E-state index contributed by atoms with van der Waals surface area (Å²) in [7, 11) is -3.93. The number of sulfonamides is 1. The molecule has 0 bridgehead atoms. The zero-order chi connectivity index (χ0) is 28.7. The molecule has 0 saturated heterocycles. The summed E-state index contributed by atoms with van der Waals surface area (Å²) in [5.41, 5.74) is 2.85. The van der Waals surface area contributed by atoms with Gasteiger partial charge in [0.15, 0.2) is 0 Å². The molecule has 0 spiro atoms. The van der Waals surface area contributed by atoms with Crippen molar-refractivity contribution in [3.8, 4) is 0 Å². The molecule has 0 heterocycles. The number of anilines is 1. The van der Waals surface area contributed by atoms with Crippen molar-refractivity contribution in [2.75, 3.05) is 17.1 Å². The van der Waals surface area contributed by atoms with Crippen LogP contribution in [0.1, 0.15) is 30.5 Å². The number of nitrogens with zero attached hydrogens (tertiary/aromatic N) is 2. The Labute approximate surface area is 240 Å². The lowest BCUT2D eigenvalue weighted by molar-refractivity contribution is -0.140. The van der Waals surface area contributed by atoms with Gasteiger partial charge in [-0.05, 0) is 50.1 Å². The molecule has 3 aromatic rings. The van der Waals surface area contributed by atoms with Gasteiger partial charge in [0.05, 0.1) is 17.0 Å². The van der Waals surface area contributed by atoms with Crippen LogP contribution in [0, 0.1) is 6.92 Å². The quantitative estimate of drug-likeness (QED) is 0.331. The second-order valence-electron chi connectivity index (χ2n) is 9.74. The molecular weight excluding hydrogens is 557 g/mol. The largest absolute Gasteiger partial charge is 0.352 e. The molecule has 0 aliphatic carbocycles. The molecule has 208 valence electrons. The lowest BCUT2D eigenvalue weighted by Gasteiger charge is -2.34. The summed E-state index contributed by atoms with van der Waals surface area (Å²) in [6, 6.07) is 20.3. The maximum atomic E-state index is 14.0. The minimum atomic E-state index is -3.93. The second-order valence-corrected chi connectivity index (χ2v) is 12.5. The molecule has 0 fully saturated rings. The topological polar surface area (TPSA) is 86.8 Å². The van der Waals surface area contributed by atoms with Gasteiger partial charge in [-0.1, -0.05) is 83.4 Å². The summed E-state index contributed by atoms with van der Waals surface area (Å²) in [6.45, 7) is 5.20. The Morgan fingerprint density at radius 3 is 2.13 bits per heavy atom. The van der Waals surface area contributed by atoms with Crippen LogP contribution in [-0.4, -0.2) is 50.0 Å². The predicted molar refractivity (Wildman–Crippen MR) is 158 cm³/mol. The fraction of sp³-hybridized carbons (Fsp3) is 0.310. The third-order valence-corrected chi connectivity index (χ3v) is 7.70. The first-order valence-corrected chi connectivity index (χ1v) is 15.1. The molecule has 0 saturated carbocycles. The molecule has 3 rings (SSSR count). The molecular formula is C29H33Cl2N3O4S. The van der Waals surface area contributed by atoms with Crippen LogP contribution >= 0.6 is 23.2 Å². The van der Waals surface area contributed by atoms with E-state index < -0.39 is 28.5 Å².